The van der Waals surface area contributed by atoms with Crippen molar-refractivity contribution >= 4 is 5.91 Å². The Bertz CT molecular complexity index is 211. The minimum atomic E-state index is -0.855. The van der Waals surface area contributed by atoms with E-state index >= 15 is 0 Å². The van der Waals surface area contributed by atoms with Crippen LogP contribution >= 0.6 is 0 Å². The van der Waals surface area contributed by atoms with Gasteiger partial charge in [0.2, 0.25) is 5.91 Å². The van der Waals surface area contributed by atoms with Gasteiger partial charge in [0.05, 0.1) is 6.04 Å². The highest BCUT2D eigenvalue weighted by Crippen LogP contribution is 2.12. The molecule has 0 aromatic heterocycles. The highest BCUT2D eigenvalue weighted by Gasteiger charge is 2.32. The number of nitrogens with zero attached hydrogens (tertiary/aromatic N) is 1. The number of hydrogen-bond acceptors (Lipinski definition) is 3. The molecule has 2 aliphatic rings. The summed E-state index contributed by atoms with van der Waals surface area (Å²) < 4.78 is 12.9. The van der Waals surface area contributed by atoms with Crippen LogP contribution in [0.4, 0.5) is 4.39 Å². The number of carbonyl (C=O) groups is 1. The van der Waals surface area contributed by atoms with E-state index in [1.807, 2.05) is 4.90 Å². The van der Waals surface area contributed by atoms with Crippen LogP contribution in [0.3, 0.4) is 0 Å². The maximum atomic E-state index is 12.9. The van der Waals surface area contributed by atoms with Gasteiger partial charge < -0.3 is 15.5 Å². The Morgan fingerprint density at radius 2 is 2.07 bits per heavy atom. The van der Waals surface area contributed by atoms with E-state index in [4.69, 9.17) is 0 Å². The Balaban J connectivity index is 1.87. The molecule has 0 aliphatic carbocycles. The predicted molar refractivity (Wildman–Crippen MR) is 50.8 cm³/mol. The second kappa shape index (κ2) is 4.23. The van der Waals surface area contributed by atoms with Gasteiger partial charge in [-0.3, -0.25) is 4.79 Å². The summed E-state index contributed by atoms with van der Waals surface area (Å²) >= 11 is 0. The Morgan fingerprint density at radius 3 is 2.64 bits per heavy atom. The van der Waals surface area contributed by atoms with Crippen molar-refractivity contribution in [2.75, 3.05) is 32.7 Å². The molecule has 14 heavy (non-hydrogen) atoms. The first kappa shape index (κ1) is 9.86. The van der Waals surface area contributed by atoms with E-state index in [0.29, 0.717) is 13.0 Å². The topological polar surface area (TPSA) is 44.4 Å². The summed E-state index contributed by atoms with van der Waals surface area (Å²) in [6, 6.07) is -0.289. The SMILES string of the molecule is O=C([C@@H]1C[C@@H](F)CN1)N1CCNCC1. The number of amides is 1. The summed E-state index contributed by atoms with van der Waals surface area (Å²) in [6.45, 7) is 3.50. The minimum absolute atomic E-state index is 0.0617. The van der Waals surface area contributed by atoms with Crippen LogP contribution < -0.4 is 10.6 Å². The zero-order valence-electron chi connectivity index (χ0n) is 8.13. The molecule has 4 nitrogen and oxygen atoms in total. The molecular formula is C9H16FN3O. The van der Waals surface area contributed by atoms with E-state index in [9.17, 15) is 9.18 Å². The molecule has 0 saturated carbocycles. The summed E-state index contributed by atoms with van der Waals surface area (Å²) in [4.78, 5) is 13.6. The van der Waals surface area contributed by atoms with Crippen LogP contribution in [0.1, 0.15) is 6.42 Å². The van der Waals surface area contributed by atoms with Gasteiger partial charge in [0, 0.05) is 39.1 Å². The van der Waals surface area contributed by atoms with Crippen molar-refractivity contribution in [3.63, 3.8) is 0 Å². The van der Waals surface area contributed by atoms with E-state index in [0.717, 1.165) is 26.2 Å². The summed E-state index contributed by atoms with van der Waals surface area (Å²) in [5, 5.41) is 6.10. The molecule has 0 bridgehead atoms. The van der Waals surface area contributed by atoms with Crippen molar-refractivity contribution in [1.29, 1.82) is 0 Å². The van der Waals surface area contributed by atoms with Crippen LogP contribution in [-0.2, 0) is 4.79 Å². The molecule has 2 saturated heterocycles. The third-order valence-electron chi connectivity index (χ3n) is 2.80. The molecule has 2 N–H and O–H groups in total. The normalized spacial score (nSPS) is 33.4. The third kappa shape index (κ3) is 2.04. The monoisotopic (exact) mass is 201 g/mol. The number of piperazine rings is 1. The second-order valence-electron chi connectivity index (χ2n) is 3.87. The van der Waals surface area contributed by atoms with Crippen LogP contribution in [0.2, 0.25) is 0 Å². The average Bonchev–Trinajstić information content (AvgIpc) is 2.65. The first-order chi connectivity index (χ1) is 6.77. The highest BCUT2D eigenvalue weighted by molar-refractivity contribution is 5.82. The molecule has 0 aromatic carbocycles. The number of hydrogen-bond donors (Lipinski definition) is 2. The molecule has 2 rings (SSSR count). The quantitative estimate of drug-likeness (QED) is 0.579. The van der Waals surface area contributed by atoms with Gasteiger partial charge in [-0.05, 0) is 0 Å². The Kier molecular flexibility index (Phi) is 2.98. The lowest BCUT2D eigenvalue weighted by Gasteiger charge is -2.29. The smallest absolute Gasteiger partial charge is 0.239 e. The molecule has 80 valence electrons. The number of halogens is 1. The fraction of sp³-hybridized carbons (Fsp3) is 0.889. The Morgan fingerprint density at radius 1 is 1.36 bits per heavy atom. The van der Waals surface area contributed by atoms with Gasteiger partial charge in [0.25, 0.3) is 0 Å². The lowest BCUT2D eigenvalue weighted by atomic mass is 10.2. The van der Waals surface area contributed by atoms with Gasteiger partial charge >= 0.3 is 0 Å². The van der Waals surface area contributed by atoms with Crippen molar-refractivity contribution in [3.05, 3.63) is 0 Å². The number of rotatable bonds is 1. The second-order valence-corrected chi connectivity index (χ2v) is 3.87. The molecule has 2 heterocycles. The molecule has 2 aliphatic heterocycles. The minimum Gasteiger partial charge on any atom is -0.339 e. The first-order valence-corrected chi connectivity index (χ1v) is 5.14. The maximum Gasteiger partial charge on any atom is 0.239 e. The summed E-state index contributed by atoms with van der Waals surface area (Å²) in [6.07, 6.45) is -0.519. The van der Waals surface area contributed by atoms with Crippen LogP contribution in [-0.4, -0.2) is 55.7 Å². The Labute approximate surface area is 82.8 Å². The average molecular weight is 201 g/mol. The molecule has 2 fully saturated rings. The van der Waals surface area contributed by atoms with Gasteiger partial charge in [-0.15, -0.1) is 0 Å². The largest absolute Gasteiger partial charge is 0.339 e. The van der Waals surface area contributed by atoms with E-state index in [1.54, 1.807) is 0 Å². The lowest BCUT2D eigenvalue weighted by molar-refractivity contribution is -0.133. The zero-order chi connectivity index (χ0) is 9.97. The lowest BCUT2D eigenvalue weighted by Crippen LogP contribution is -2.51. The third-order valence-corrected chi connectivity index (χ3v) is 2.80. The molecule has 1 amide bonds. The summed E-state index contributed by atoms with van der Waals surface area (Å²) in [5.41, 5.74) is 0. The van der Waals surface area contributed by atoms with Gasteiger partial charge in [-0.25, -0.2) is 4.39 Å². The standard InChI is InChI=1S/C9H16FN3O/c10-7-5-8(12-6-7)9(14)13-3-1-11-2-4-13/h7-8,11-12H,1-6H2/t7-,8+/m1/s1. The highest BCUT2D eigenvalue weighted by atomic mass is 19.1. The fourth-order valence-electron chi connectivity index (χ4n) is 1.99. The molecule has 2 atom stereocenters. The molecule has 0 aromatic rings. The number of alkyl halides is 1. The van der Waals surface area contributed by atoms with Crippen LogP contribution in [0.15, 0.2) is 0 Å². The summed E-state index contributed by atoms with van der Waals surface area (Å²) in [5.74, 6) is 0.0617. The van der Waals surface area contributed by atoms with Gasteiger partial charge in [0.15, 0.2) is 0 Å². The van der Waals surface area contributed by atoms with Gasteiger partial charge in [-0.1, -0.05) is 0 Å². The van der Waals surface area contributed by atoms with Crippen molar-refractivity contribution in [3.8, 4) is 0 Å². The maximum absolute atomic E-state index is 12.9. The number of carbonyl (C=O) groups excluding carboxylic acids is 1. The van der Waals surface area contributed by atoms with Crippen molar-refractivity contribution in [2.45, 2.75) is 18.6 Å². The molecule has 5 heteroatoms. The van der Waals surface area contributed by atoms with E-state index in [1.165, 1.54) is 0 Å². The first-order valence-electron chi connectivity index (χ1n) is 5.14. The molecule has 0 unspecified atom stereocenters. The van der Waals surface area contributed by atoms with Gasteiger partial charge in [-0.2, -0.15) is 0 Å². The number of nitrogens with one attached hydrogen (secondary N) is 2. The fourth-order valence-corrected chi connectivity index (χ4v) is 1.99. The van der Waals surface area contributed by atoms with Gasteiger partial charge in [0.1, 0.15) is 6.17 Å². The zero-order valence-corrected chi connectivity index (χ0v) is 8.13. The molecular weight excluding hydrogens is 185 g/mol. The van der Waals surface area contributed by atoms with E-state index in [-0.39, 0.29) is 11.9 Å². The van der Waals surface area contributed by atoms with Crippen molar-refractivity contribution < 1.29 is 9.18 Å². The van der Waals surface area contributed by atoms with Crippen LogP contribution in [0.25, 0.3) is 0 Å². The van der Waals surface area contributed by atoms with Crippen LogP contribution in [0.5, 0.6) is 0 Å². The molecule has 0 radical (unpaired) electrons. The Hall–Kier alpha value is -0.680. The summed E-state index contributed by atoms with van der Waals surface area (Å²) in [7, 11) is 0. The van der Waals surface area contributed by atoms with Crippen molar-refractivity contribution in [1.82, 2.24) is 15.5 Å². The van der Waals surface area contributed by atoms with E-state index < -0.39 is 6.17 Å². The predicted octanol–water partition coefficient (Wildman–Crippen LogP) is -0.882. The van der Waals surface area contributed by atoms with Crippen molar-refractivity contribution in [2.24, 2.45) is 0 Å². The van der Waals surface area contributed by atoms with E-state index in [2.05, 4.69) is 10.6 Å². The molecule has 0 spiro atoms. The van der Waals surface area contributed by atoms with Crippen LogP contribution in [0, 0.1) is 0 Å².